The summed E-state index contributed by atoms with van der Waals surface area (Å²) in [6, 6.07) is 1.97. The maximum Gasteiger partial charge on any atom is 0.110 e. The van der Waals surface area contributed by atoms with Gasteiger partial charge in [-0.15, -0.1) is 11.3 Å². The van der Waals surface area contributed by atoms with Gasteiger partial charge in [-0.25, -0.2) is 4.98 Å². The molecule has 2 aromatic rings. The van der Waals surface area contributed by atoms with E-state index in [2.05, 4.69) is 9.36 Å². The first-order valence-electron chi connectivity index (χ1n) is 3.89. The first-order valence-corrected chi connectivity index (χ1v) is 5.61. The van der Waals surface area contributed by atoms with Crippen LogP contribution in [0.1, 0.15) is 18.0 Å². The summed E-state index contributed by atoms with van der Waals surface area (Å²) < 4.78 is 4.20. The molecule has 13 heavy (non-hydrogen) atoms. The van der Waals surface area contributed by atoms with Crippen molar-refractivity contribution >= 4 is 22.9 Å². The number of hydrogen-bond donors (Lipinski definition) is 1. The number of hydrogen-bond acceptors (Lipinski definition) is 5. The minimum atomic E-state index is 0.0115. The summed E-state index contributed by atoms with van der Waals surface area (Å²) in [4.78, 5) is 4.39. The molecule has 0 aliphatic carbocycles. The van der Waals surface area contributed by atoms with E-state index < -0.39 is 0 Å². The fourth-order valence-electron chi connectivity index (χ4n) is 0.959. The molecule has 2 heterocycles. The van der Waals surface area contributed by atoms with Crippen LogP contribution in [-0.2, 0) is 0 Å². The predicted octanol–water partition coefficient (Wildman–Crippen LogP) is 2.29. The molecule has 2 rings (SSSR count). The predicted molar refractivity (Wildman–Crippen MR) is 55.8 cm³/mol. The minimum absolute atomic E-state index is 0.0115. The Morgan fingerprint density at radius 1 is 1.46 bits per heavy atom. The van der Waals surface area contributed by atoms with E-state index in [1.54, 1.807) is 11.3 Å². The van der Waals surface area contributed by atoms with Gasteiger partial charge in [-0.3, -0.25) is 0 Å². The standard InChI is InChI=1S/C8H9N3S2/c1-5(9)8-10-7(4-12-8)6-2-3-13-11-6/h2-5H,9H2,1H3. The number of aromatic nitrogens is 2. The molecule has 0 fully saturated rings. The molecule has 0 aromatic carbocycles. The Labute approximate surface area is 84.4 Å². The van der Waals surface area contributed by atoms with Crippen LogP contribution in [0.2, 0.25) is 0 Å². The smallest absolute Gasteiger partial charge is 0.110 e. The molecule has 2 aromatic heterocycles. The molecule has 0 saturated carbocycles. The van der Waals surface area contributed by atoms with Crippen LogP contribution in [0.15, 0.2) is 16.8 Å². The Kier molecular flexibility index (Phi) is 2.39. The van der Waals surface area contributed by atoms with Crippen LogP contribution in [0.5, 0.6) is 0 Å². The van der Waals surface area contributed by atoms with Crippen molar-refractivity contribution in [1.29, 1.82) is 0 Å². The summed E-state index contributed by atoms with van der Waals surface area (Å²) in [5.41, 5.74) is 7.58. The molecular formula is C8H9N3S2. The van der Waals surface area contributed by atoms with Gasteiger partial charge in [0.05, 0.1) is 6.04 Å². The minimum Gasteiger partial charge on any atom is -0.322 e. The molecule has 0 amide bonds. The van der Waals surface area contributed by atoms with E-state index in [-0.39, 0.29) is 6.04 Å². The Morgan fingerprint density at radius 3 is 2.85 bits per heavy atom. The van der Waals surface area contributed by atoms with Gasteiger partial charge in [0.15, 0.2) is 0 Å². The summed E-state index contributed by atoms with van der Waals surface area (Å²) in [7, 11) is 0. The Morgan fingerprint density at radius 2 is 2.31 bits per heavy atom. The highest BCUT2D eigenvalue weighted by molar-refractivity contribution is 7.10. The molecule has 0 saturated heterocycles. The third-order valence-electron chi connectivity index (χ3n) is 1.61. The molecule has 0 bridgehead atoms. The van der Waals surface area contributed by atoms with E-state index in [0.29, 0.717) is 0 Å². The van der Waals surface area contributed by atoms with Crippen molar-refractivity contribution in [1.82, 2.24) is 9.36 Å². The van der Waals surface area contributed by atoms with E-state index in [4.69, 9.17) is 5.73 Å². The maximum atomic E-state index is 5.71. The van der Waals surface area contributed by atoms with E-state index in [9.17, 15) is 0 Å². The summed E-state index contributed by atoms with van der Waals surface area (Å²) in [5, 5.41) is 4.90. The monoisotopic (exact) mass is 211 g/mol. The second kappa shape index (κ2) is 3.53. The molecule has 0 aliphatic rings. The average Bonchev–Trinajstić information content (AvgIpc) is 2.75. The molecule has 5 heteroatoms. The second-order valence-corrected chi connectivity index (χ2v) is 4.30. The second-order valence-electron chi connectivity index (χ2n) is 2.74. The highest BCUT2D eigenvalue weighted by atomic mass is 32.1. The zero-order valence-corrected chi connectivity index (χ0v) is 8.73. The Bertz CT molecular complexity index is 378. The van der Waals surface area contributed by atoms with Crippen LogP contribution in [0.4, 0.5) is 0 Å². The lowest BCUT2D eigenvalue weighted by atomic mass is 10.3. The zero-order chi connectivity index (χ0) is 9.26. The maximum absolute atomic E-state index is 5.71. The van der Waals surface area contributed by atoms with Gasteiger partial charge in [0.2, 0.25) is 0 Å². The lowest BCUT2D eigenvalue weighted by Gasteiger charge is -1.96. The van der Waals surface area contributed by atoms with Crippen LogP contribution < -0.4 is 5.73 Å². The average molecular weight is 211 g/mol. The fraction of sp³-hybridized carbons (Fsp3) is 0.250. The van der Waals surface area contributed by atoms with E-state index in [1.165, 1.54) is 11.5 Å². The number of rotatable bonds is 2. The zero-order valence-electron chi connectivity index (χ0n) is 7.10. The van der Waals surface area contributed by atoms with Crippen LogP contribution in [0.3, 0.4) is 0 Å². The molecule has 1 atom stereocenters. The van der Waals surface area contributed by atoms with Crippen molar-refractivity contribution < 1.29 is 0 Å². The van der Waals surface area contributed by atoms with Crippen LogP contribution in [0, 0.1) is 0 Å². The molecule has 68 valence electrons. The third kappa shape index (κ3) is 1.77. The van der Waals surface area contributed by atoms with Crippen molar-refractivity contribution in [2.24, 2.45) is 5.73 Å². The van der Waals surface area contributed by atoms with Crippen molar-refractivity contribution in [3.8, 4) is 11.4 Å². The van der Waals surface area contributed by atoms with Crippen LogP contribution in [0.25, 0.3) is 11.4 Å². The van der Waals surface area contributed by atoms with E-state index >= 15 is 0 Å². The lowest BCUT2D eigenvalue weighted by Crippen LogP contribution is -2.03. The SMILES string of the molecule is CC(N)c1nc(-c2ccsn2)cs1. The number of nitrogens with two attached hydrogens (primary N) is 1. The lowest BCUT2D eigenvalue weighted by molar-refractivity contribution is 0.808. The van der Waals surface area contributed by atoms with Crippen molar-refractivity contribution in [2.45, 2.75) is 13.0 Å². The Hall–Kier alpha value is -0.780. The van der Waals surface area contributed by atoms with Gasteiger partial charge in [-0.1, -0.05) is 0 Å². The highest BCUT2D eigenvalue weighted by Crippen LogP contribution is 2.23. The van der Waals surface area contributed by atoms with E-state index in [0.717, 1.165) is 16.4 Å². The van der Waals surface area contributed by atoms with Crippen LogP contribution in [-0.4, -0.2) is 9.36 Å². The largest absolute Gasteiger partial charge is 0.322 e. The first kappa shape index (κ1) is 8.80. The first-order chi connectivity index (χ1) is 6.27. The topological polar surface area (TPSA) is 51.8 Å². The molecule has 0 aliphatic heterocycles. The summed E-state index contributed by atoms with van der Waals surface area (Å²) in [6.45, 7) is 1.93. The van der Waals surface area contributed by atoms with Gasteiger partial charge < -0.3 is 5.73 Å². The van der Waals surface area contributed by atoms with E-state index in [1.807, 2.05) is 23.8 Å². The third-order valence-corrected chi connectivity index (χ3v) is 3.22. The summed E-state index contributed by atoms with van der Waals surface area (Å²) >= 11 is 3.02. The molecule has 3 nitrogen and oxygen atoms in total. The van der Waals surface area contributed by atoms with Gasteiger partial charge in [0, 0.05) is 10.8 Å². The van der Waals surface area contributed by atoms with Gasteiger partial charge in [0.25, 0.3) is 0 Å². The van der Waals surface area contributed by atoms with Gasteiger partial charge >= 0.3 is 0 Å². The van der Waals surface area contributed by atoms with Crippen molar-refractivity contribution in [3.63, 3.8) is 0 Å². The molecule has 2 N–H and O–H groups in total. The van der Waals surface area contributed by atoms with Crippen molar-refractivity contribution in [3.05, 3.63) is 21.8 Å². The van der Waals surface area contributed by atoms with Crippen LogP contribution >= 0.6 is 22.9 Å². The molecule has 0 radical (unpaired) electrons. The highest BCUT2D eigenvalue weighted by Gasteiger charge is 2.08. The normalized spacial score (nSPS) is 13.1. The molecule has 1 unspecified atom stereocenters. The molecule has 0 spiro atoms. The summed E-state index contributed by atoms with van der Waals surface area (Å²) in [6.07, 6.45) is 0. The van der Waals surface area contributed by atoms with Gasteiger partial charge in [0.1, 0.15) is 16.4 Å². The quantitative estimate of drug-likeness (QED) is 0.829. The Balaban J connectivity index is 2.33. The van der Waals surface area contributed by atoms with Gasteiger partial charge in [-0.2, -0.15) is 4.37 Å². The van der Waals surface area contributed by atoms with Crippen molar-refractivity contribution in [2.75, 3.05) is 0 Å². The van der Waals surface area contributed by atoms with Gasteiger partial charge in [-0.05, 0) is 24.5 Å². The fourth-order valence-corrected chi connectivity index (χ4v) is 2.25. The number of nitrogens with zero attached hydrogens (tertiary/aromatic N) is 2. The number of thiazole rings is 1. The summed E-state index contributed by atoms with van der Waals surface area (Å²) in [5.74, 6) is 0. The molecular weight excluding hydrogens is 202 g/mol.